The third kappa shape index (κ3) is 13.2. The summed E-state index contributed by atoms with van der Waals surface area (Å²) in [7, 11) is 0. The van der Waals surface area contributed by atoms with Crippen molar-refractivity contribution in [3.63, 3.8) is 0 Å². The van der Waals surface area contributed by atoms with E-state index in [9.17, 15) is 9.59 Å². The van der Waals surface area contributed by atoms with Gasteiger partial charge in [0.25, 0.3) is 0 Å². The molecule has 0 aromatic carbocycles. The normalized spacial score (nSPS) is 21.0. The van der Waals surface area contributed by atoms with E-state index in [0.717, 1.165) is 103 Å². The Hall–Kier alpha value is -1.22. The summed E-state index contributed by atoms with van der Waals surface area (Å²) >= 11 is 0. The molecule has 306 valence electrons. The lowest BCUT2D eigenvalue weighted by Crippen LogP contribution is -2.73. The van der Waals surface area contributed by atoms with E-state index in [1.54, 1.807) is 0 Å². The number of rotatable bonds is 27. The van der Waals surface area contributed by atoms with E-state index in [1.165, 1.54) is 51.4 Å². The maximum atomic E-state index is 13.3. The van der Waals surface area contributed by atoms with Gasteiger partial charge in [0, 0.05) is 35.3 Å². The van der Waals surface area contributed by atoms with Crippen LogP contribution in [-0.2, 0) is 28.9 Å². The molecule has 52 heavy (non-hydrogen) atoms. The Labute approximate surface area is 321 Å². The van der Waals surface area contributed by atoms with E-state index >= 15 is 0 Å². The van der Waals surface area contributed by atoms with Crippen LogP contribution in [0.5, 0.6) is 0 Å². The van der Waals surface area contributed by atoms with Gasteiger partial charge in [-0.1, -0.05) is 104 Å². The number of quaternary nitrogens is 2. The van der Waals surface area contributed by atoms with Crippen molar-refractivity contribution in [1.29, 1.82) is 0 Å². The smallest absolute Gasteiger partial charge is 0.245 e. The molecule has 0 spiro atoms. The SMILES string of the molecule is CCCCCCCCO[N+]1(OC(=O)CCCCCCCCC(=O)O[N+]2(OCCCCCCCC)C(C)(C)CCCC2(C)C)C(C)(C)CCCC1(C)C. The van der Waals surface area contributed by atoms with Crippen LogP contribution in [-0.4, -0.2) is 56.9 Å². The van der Waals surface area contributed by atoms with E-state index in [-0.39, 0.29) is 43.7 Å². The van der Waals surface area contributed by atoms with Crippen LogP contribution in [0.3, 0.4) is 0 Å². The predicted octanol–water partition coefficient (Wildman–Crippen LogP) is 12.7. The average Bonchev–Trinajstić information content (AvgIpc) is 3.05. The molecular formula is C44H86N2O6+2. The Kier molecular flexibility index (Phi) is 20.2. The van der Waals surface area contributed by atoms with Crippen LogP contribution in [0, 0.1) is 0 Å². The molecule has 0 radical (unpaired) electrons. The van der Waals surface area contributed by atoms with Gasteiger partial charge in [0.2, 0.25) is 0 Å². The minimum atomic E-state index is -0.304. The summed E-state index contributed by atoms with van der Waals surface area (Å²) < 4.78 is 0. The largest absolute Gasteiger partial charge is 0.371 e. The first-order chi connectivity index (χ1) is 24.5. The van der Waals surface area contributed by atoms with Gasteiger partial charge in [-0.15, -0.1) is 0 Å². The first-order valence-corrected chi connectivity index (χ1v) is 22.1. The molecule has 2 aliphatic heterocycles. The van der Waals surface area contributed by atoms with Crippen LogP contribution >= 0.6 is 0 Å². The minimum absolute atomic E-state index is 0.0255. The third-order valence-corrected chi connectivity index (χ3v) is 12.4. The fourth-order valence-corrected chi connectivity index (χ4v) is 9.16. The zero-order chi connectivity index (χ0) is 38.8. The number of unbranched alkanes of at least 4 members (excludes halogenated alkanes) is 15. The monoisotopic (exact) mass is 739 g/mol. The highest BCUT2D eigenvalue weighted by Crippen LogP contribution is 2.48. The van der Waals surface area contributed by atoms with Gasteiger partial charge in [0.1, 0.15) is 13.2 Å². The van der Waals surface area contributed by atoms with Crippen LogP contribution in [0.15, 0.2) is 0 Å². The molecule has 0 saturated carbocycles. The fourth-order valence-electron chi connectivity index (χ4n) is 9.16. The zero-order valence-electron chi connectivity index (χ0n) is 36.1. The molecule has 0 N–H and O–H groups in total. The molecule has 2 rings (SSSR count). The van der Waals surface area contributed by atoms with Gasteiger partial charge in [-0.3, -0.25) is 0 Å². The fraction of sp³-hybridized carbons (Fsp3) is 0.955. The van der Waals surface area contributed by atoms with Crippen LogP contribution < -0.4 is 0 Å². The molecule has 8 heteroatoms. The second-order valence-electron chi connectivity index (χ2n) is 18.8. The summed E-state index contributed by atoms with van der Waals surface area (Å²) in [6, 6.07) is 0. The lowest BCUT2D eigenvalue weighted by Gasteiger charge is -2.54. The number of carbonyl (C=O) groups excluding carboxylic acids is 2. The van der Waals surface area contributed by atoms with Crippen LogP contribution in [0.25, 0.3) is 0 Å². The lowest BCUT2D eigenvalue weighted by atomic mass is 9.81. The Morgan fingerprint density at radius 2 is 0.692 bits per heavy atom. The van der Waals surface area contributed by atoms with E-state index in [2.05, 4.69) is 69.2 Å². The van der Waals surface area contributed by atoms with Crippen molar-refractivity contribution < 1.29 is 38.6 Å². The van der Waals surface area contributed by atoms with Gasteiger partial charge in [-0.05, 0) is 93.9 Å². The predicted molar refractivity (Wildman–Crippen MR) is 212 cm³/mol. The molecule has 0 amide bonds. The Bertz CT molecular complexity index is 910. The summed E-state index contributed by atoms with van der Waals surface area (Å²) in [5.41, 5.74) is -1.22. The van der Waals surface area contributed by atoms with Crippen molar-refractivity contribution in [2.24, 2.45) is 0 Å². The summed E-state index contributed by atoms with van der Waals surface area (Å²) in [6.45, 7) is 23.2. The van der Waals surface area contributed by atoms with Gasteiger partial charge < -0.3 is 0 Å². The quantitative estimate of drug-likeness (QED) is 0.0617. The molecule has 2 heterocycles. The first-order valence-electron chi connectivity index (χ1n) is 22.1. The number of hydrogen-bond donors (Lipinski definition) is 0. The Morgan fingerprint density at radius 3 is 1.00 bits per heavy atom. The van der Waals surface area contributed by atoms with E-state index < -0.39 is 0 Å². The van der Waals surface area contributed by atoms with Crippen LogP contribution in [0.2, 0.25) is 0 Å². The maximum Gasteiger partial charge on any atom is 0.371 e. The topological polar surface area (TPSA) is 71.1 Å². The lowest BCUT2D eigenvalue weighted by molar-refractivity contribution is -1.29. The van der Waals surface area contributed by atoms with Crippen molar-refractivity contribution >= 4 is 11.9 Å². The highest BCUT2D eigenvalue weighted by atomic mass is 17.0. The van der Waals surface area contributed by atoms with Crippen LogP contribution in [0.1, 0.15) is 236 Å². The summed E-state index contributed by atoms with van der Waals surface area (Å²) in [5, 5.41) is 0. The average molecular weight is 739 g/mol. The molecule has 2 fully saturated rings. The van der Waals surface area contributed by atoms with Gasteiger partial charge in [-0.25, -0.2) is 19.3 Å². The zero-order valence-corrected chi connectivity index (χ0v) is 36.1. The van der Waals surface area contributed by atoms with Crippen molar-refractivity contribution in [3.05, 3.63) is 0 Å². The van der Waals surface area contributed by atoms with Crippen molar-refractivity contribution in [2.75, 3.05) is 13.2 Å². The molecule has 0 unspecified atom stereocenters. The number of carbonyl (C=O) groups is 2. The molecule has 0 bridgehead atoms. The summed E-state index contributed by atoms with van der Waals surface area (Å²) in [6.07, 6.45) is 26.9. The highest BCUT2D eigenvalue weighted by molar-refractivity contribution is 5.68. The molecule has 2 saturated heterocycles. The molecule has 0 aromatic rings. The van der Waals surface area contributed by atoms with E-state index in [4.69, 9.17) is 19.4 Å². The maximum absolute atomic E-state index is 13.3. The van der Waals surface area contributed by atoms with Gasteiger partial charge in [0.15, 0.2) is 22.2 Å². The second kappa shape index (κ2) is 22.4. The number of piperidine rings is 2. The number of nitrogens with zero attached hydrogens (tertiary/aromatic N) is 2. The minimum Gasteiger partial charge on any atom is -0.245 e. The molecule has 0 aliphatic carbocycles. The second-order valence-corrected chi connectivity index (χ2v) is 18.8. The molecule has 8 nitrogen and oxygen atoms in total. The molecular weight excluding hydrogens is 652 g/mol. The molecule has 0 aromatic heterocycles. The molecule has 0 atom stereocenters. The van der Waals surface area contributed by atoms with Gasteiger partial charge in [0.05, 0.1) is 12.8 Å². The van der Waals surface area contributed by atoms with Gasteiger partial charge in [-0.2, -0.15) is 9.68 Å². The first kappa shape index (κ1) is 46.9. The summed E-state index contributed by atoms with van der Waals surface area (Å²) in [5.74, 6) is -0.318. The van der Waals surface area contributed by atoms with E-state index in [0.29, 0.717) is 26.1 Å². The molecule has 2 aliphatic rings. The number of hydroxylamine groups is 8. The Balaban J connectivity index is 1.79. The van der Waals surface area contributed by atoms with Crippen molar-refractivity contribution in [2.45, 2.75) is 258 Å². The number of hydrogen-bond acceptors (Lipinski definition) is 6. The van der Waals surface area contributed by atoms with Gasteiger partial charge >= 0.3 is 11.9 Å². The third-order valence-electron chi connectivity index (χ3n) is 12.4. The highest BCUT2D eigenvalue weighted by Gasteiger charge is 2.65. The Morgan fingerprint density at radius 1 is 0.423 bits per heavy atom. The van der Waals surface area contributed by atoms with E-state index in [1.807, 2.05) is 0 Å². The van der Waals surface area contributed by atoms with Crippen molar-refractivity contribution in [3.8, 4) is 0 Å². The standard InChI is InChI=1S/C44H86N2O6/c1-11-13-15-17-23-27-37-49-45(41(3,4)33-29-34-42(45,5)6)51-39(47)31-25-21-19-20-22-26-32-40(48)52-46(50-38-28-24-18-16-14-12-2)43(7,8)35-30-36-44(46,9)10/h11-38H2,1-10H3/q+2. The van der Waals surface area contributed by atoms with Crippen LogP contribution in [0.4, 0.5) is 0 Å². The summed E-state index contributed by atoms with van der Waals surface area (Å²) in [4.78, 5) is 52.7. The van der Waals surface area contributed by atoms with Crippen molar-refractivity contribution in [1.82, 2.24) is 0 Å².